The molecule has 0 aromatic carbocycles. The zero-order chi connectivity index (χ0) is 8.43. The molecule has 0 amide bonds. The fraction of sp³-hybridized carbons (Fsp3) is 0.429. The first-order valence-electron chi connectivity index (χ1n) is 3.38. The van der Waals surface area contributed by atoms with Gasteiger partial charge in [0.05, 0.1) is 11.4 Å². The molecule has 0 spiro atoms. The highest BCUT2D eigenvalue weighted by Gasteiger charge is 2.02. The summed E-state index contributed by atoms with van der Waals surface area (Å²) in [5.74, 6) is 0.718. The van der Waals surface area contributed by atoms with Crippen molar-refractivity contribution in [3.05, 3.63) is 11.8 Å². The standard InChI is InChI=1S/C7H12N4/c1-5-4-6(8)7(10-9-5)11(2)3/h4H,1-3H3,(H2,8,9). The van der Waals surface area contributed by atoms with Gasteiger partial charge in [-0.15, -0.1) is 5.10 Å². The van der Waals surface area contributed by atoms with Crippen LogP contribution in [0.25, 0.3) is 0 Å². The molecule has 1 heterocycles. The van der Waals surface area contributed by atoms with Crippen molar-refractivity contribution in [2.75, 3.05) is 24.7 Å². The molecular formula is C7H12N4. The Kier molecular flexibility index (Phi) is 1.94. The molecule has 0 radical (unpaired) electrons. The monoisotopic (exact) mass is 152 g/mol. The first-order valence-corrected chi connectivity index (χ1v) is 3.38. The predicted octanol–water partition coefficient (Wildman–Crippen LogP) is 0.433. The number of rotatable bonds is 1. The molecule has 1 rings (SSSR count). The zero-order valence-electron chi connectivity index (χ0n) is 7.00. The number of aryl methyl sites for hydroxylation is 1. The molecule has 0 fully saturated rings. The summed E-state index contributed by atoms with van der Waals surface area (Å²) in [6.45, 7) is 1.86. The lowest BCUT2D eigenvalue weighted by molar-refractivity contribution is 0.938. The number of anilines is 2. The van der Waals surface area contributed by atoms with E-state index in [0.717, 1.165) is 11.5 Å². The summed E-state index contributed by atoms with van der Waals surface area (Å²) in [4.78, 5) is 1.84. The van der Waals surface area contributed by atoms with Gasteiger partial charge in [-0.1, -0.05) is 0 Å². The van der Waals surface area contributed by atoms with Crippen LogP contribution < -0.4 is 10.6 Å². The molecule has 0 aliphatic rings. The summed E-state index contributed by atoms with van der Waals surface area (Å²) in [6, 6.07) is 1.81. The van der Waals surface area contributed by atoms with Gasteiger partial charge in [-0.05, 0) is 13.0 Å². The summed E-state index contributed by atoms with van der Waals surface area (Å²) in [5, 5.41) is 7.82. The van der Waals surface area contributed by atoms with E-state index in [-0.39, 0.29) is 0 Å². The molecule has 4 heteroatoms. The Morgan fingerprint density at radius 1 is 1.36 bits per heavy atom. The summed E-state index contributed by atoms with van der Waals surface area (Å²) in [7, 11) is 3.77. The third-order valence-corrected chi connectivity index (χ3v) is 1.35. The van der Waals surface area contributed by atoms with Gasteiger partial charge in [-0.25, -0.2) is 0 Å². The van der Waals surface area contributed by atoms with Gasteiger partial charge in [0.1, 0.15) is 0 Å². The predicted molar refractivity (Wildman–Crippen MR) is 45.5 cm³/mol. The van der Waals surface area contributed by atoms with Crippen LogP contribution in [0.1, 0.15) is 5.69 Å². The maximum absolute atomic E-state index is 5.68. The van der Waals surface area contributed by atoms with Crippen LogP contribution in [0.15, 0.2) is 6.07 Å². The molecule has 0 unspecified atom stereocenters. The molecule has 2 N–H and O–H groups in total. The molecule has 4 nitrogen and oxygen atoms in total. The molecule has 0 bridgehead atoms. The van der Waals surface area contributed by atoms with Crippen LogP contribution in [0.2, 0.25) is 0 Å². The van der Waals surface area contributed by atoms with Crippen molar-refractivity contribution in [2.45, 2.75) is 6.92 Å². The molecular weight excluding hydrogens is 140 g/mol. The van der Waals surface area contributed by atoms with E-state index in [1.165, 1.54) is 0 Å². The van der Waals surface area contributed by atoms with Gasteiger partial charge in [0.2, 0.25) is 0 Å². The van der Waals surface area contributed by atoms with E-state index in [1.807, 2.05) is 32.0 Å². The number of aromatic nitrogens is 2. The van der Waals surface area contributed by atoms with Crippen LogP contribution in [-0.2, 0) is 0 Å². The summed E-state index contributed by atoms with van der Waals surface area (Å²) < 4.78 is 0. The van der Waals surface area contributed by atoms with E-state index in [0.29, 0.717) is 5.69 Å². The van der Waals surface area contributed by atoms with E-state index in [2.05, 4.69) is 10.2 Å². The topological polar surface area (TPSA) is 55.0 Å². The van der Waals surface area contributed by atoms with Crippen LogP contribution in [0, 0.1) is 6.92 Å². The molecule has 0 atom stereocenters. The Labute approximate surface area is 66.0 Å². The average Bonchev–Trinajstić information content (AvgIpc) is 1.85. The minimum atomic E-state index is 0.669. The van der Waals surface area contributed by atoms with Crippen molar-refractivity contribution in [2.24, 2.45) is 0 Å². The smallest absolute Gasteiger partial charge is 0.173 e. The van der Waals surface area contributed by atoms with Gasteiger partial charge in [0.25, 0.3) is 0 Å². The van der Waals surface area contributed by atoms with Crippen molar-refractivity contribution in [3.8, 4) is 0 Å². The molecule has 1 aromatic heterocycles. The number of nitrogens with zero attached hydrogens (tertiary/aromatic N) is 3. The normalized spacial score (nSPS) is 9.73. The minimum Gasteiger partial charge on any atom is -0.396 e. The number of hydrogen-bond donors (Lipinski definition) is 1. The number of nitrogens with two attached hydrogens (primary N) is 1. The molecule has 0 saturated heterocycles. The molecule has 0 aliphatic heterocycles. The lowest BCUT2D eigenvalue weighted by atomic mass is 10.3. The summed E-state index contributed by atoms with van der Waals surface area (Å²) in [5.41, 5.74) is 7.19. The second-order valence-electron chi connectivity index (χ2n) is 2.66. The first-order chi connectivity index (χ1) is 5.11. The van der Waals surface area contributed by atoms with E-state index < -0.39 is 0 Å². The van der Waals surface area contributed by atoms with Gasteiger partial charge in [0.15, 0.2) is 5.82 Å². The maximum atomic E-state index is 5.68. The third-order valence-electron chi connectivity index (χ3n) is 1.35. The Hall–Kier alpha value is -1.32. The van der Waals surface area contributed by atoms with Crippen molar-refractivity contribution in [1.82, 2.24) is 10.2 Å². The van der Waals surface area contributed by atoms with Crippen LogP contribution in [0.3, 0.4) is 0 Å². The highest BCUT2D eigenvalue weighted by atomic mass is 15.2. The molecule has 60 valence electrons. The lowest BCUT2D eigenvalue weighted by Crippen LogP contribution is -2.14. The zero-order valence-corrected chi connectivity index (χ0v) is 7.00. The SMILES string of the molecule is Cc1cc(N)c(N(C)C)nn1. The Bertz CT molecular complexity index is 257. The fourth-order valence-electron chi connectivity index (χ4n) is 0.850. The summed E-state index contributed by atoms with van der Waals surface area (Å²) in [6.07, 6.45) is 0. The van der Waals surface area contributed by atoms with Gasteiger partial charge in [-0.3, -0.25) is 0 Å². The number of hydrogen-bond acceptors (Lipinski definition) is 4. The Balaban J connectivity index is 3.09. The van der Waals surface area contributed by atoms with Crippen LogP contribution in [-0.4, -0.2) is 24.3 Å². The van der Waals surface area contributed by atoms with Gasteiger partial charge in [0, 0.05) is 14.1 Å². The van der Waals surface area contributed by atoms with Crippen molar-refractivity contribution >= 4 is 11.5 Å². The van der Waals surface area contributed by atoms with Crippen molar-refractivity contribution in [1.29, 1.82) is 0 Å². The highest BCUT2D eigenvalue weighted by Crippen LogP contribution is 2.15. The fourth-order valence-corrected chi connectivity index (χ4v) is 0.850. The van der Waals surface area contributed by atoms with Crippen molar-refractivity contribution < 1.29 is 0 Å². The first kappa shape index (κ1) is 7.78. The lowest BCUT2D eigenvalue weighted by Gasteiger charge is -2.12. The van der Waals surface area contributed by atoms with Gasteiger partial charge in [-0.2, -0.15) is 5.10 Å². The Morgan fingerprint density at radius 3 is 2.45 bits per heavy atom. The quantitative estimate of drug-likeness (QED) is 0.634. The number of nitrogen functional groups attached to an aromatic ring is 1. The van der Waals surface area contributed by atoms with E-state index in [9.17, 15) is 0 Å². The largest absolute Gasteiger partial charge is 0.396 e. The minimum absolute atomic E-state index is 0.669. The van der Waals surface area contributed by atoms with Crippen molar-refractivity contribution in [3.63, 3.8) is 0 Å². The van der Waals surface area contributed by atoms with Gasteiger partial charge < -0.3 is 10.6 Å². The van der Waals surface area contributed by atoms with E-state index >= 15 is 0 Å². The molecule has 0 aliphatic carbocycles. The van der Waals surface area contributed by atoms with Gasteiger partial charge >= 0.3 is 0 Å². The Morgan fingerprint density at radius 2 is 2.00 bits per heavy atom. The molecule has 11 heavy (non-hydrogen) atoms. The van der Waals surface area contributed by atoms with Crippen LogP contribution in [0.5, 0.6) is 0 Å². The third kappa shape index (κ3) is 1.58. The second kappa shape index (κ2) is 2.74. The van der Waals surface area contributed by atoms with Crippen LogP contribution in [0.4, 0.5) is 11.5 Å². The van der Waals surface area contributed by atoms with Crippen LogP contribution >= 0.6 is 0 Å². The maximum Gasteiger partial charge on any atom is 0.173 e. The average molecular weight is 152 g/mol. The van der Waals surface area contributed by atoms with E-state index in [4.69, 9.17) is 5.73 Å². The van der Waals surface area contributed by atoms with E-state index in [1.54, 1.807) is 0 Å². The highest BCUT2D eigenvalue weighted by molar-refractivity contribution is 5.61. The second-order valence-corrected chi connectivity index (χ2v) is 2.66. The summed E-state index contributed by atoms with van der Waals surface area (Å²) >= 11 is 0. The molecule has 0 saturated carbocycles. The molecule has 1 aromatic rings.